The third kappa shape index (κ3) is 7.91. The molecule has 0 unspecified atom stereocenters. The summed E-state index contributed by atoms with van der Waals surface area (Å²) in [4.78, 5) is 47.8. The molecular weight excluding hydrogens is 761 g/mol. The van der Waals surface area contributed by atoms with Crippen LogP contribution in [-0.4, -0.2) is 43.0 Å². The van der Waals surface area contributed by atoms with Gasteiger partial charge in [0, 0.05) is 36.7 Å². The molecule has 0 aromatic carbocycles. The summed E-state index contributed by atoms with van der Waals surface area (Å²) in [6.45, 7) is 23.7. The first kappa shape index (κ1) is 45.8. The number of carbonyl (C=O) groups excluding carboxylic acids is 4. The molecule has 7 heteroatoms. The van der Waals surface area contributed by atoms with E-state index in [2.05, 4.69) is 72.8 Å². The summed E-state index contributed by atoms with van der Waals surface area (Å²) < 4.78 is 17.2. The molecule has 0 spiro atoms. The maximum Gasteiger partial charge on any atom is 0.330 e. The van der Waals surface area contributed by atoms with Crippen LogP contribution in [0.1, 0.15) is 153 Å². The molecule has 4 fully saturated rings. The highest BCUT2D eigenvalue weighted by Gasteiger charge is 2.63. The number of carbonyl (C=O) groups is 4. The van der Waals surface area contributed by atoms with Crippen LogP contribution in [0.25, 0.3) is 0 Å². The first-order valence-corrected chi connectivity index (χ1v) is 24.3. The molecule has 8 aliphatic rings. The zero-order valence-corrected chi connectivity index (χ0v) is 39.5. The van der Waals surface area contributed by atoms with Crippen molar-refractivity contribution in [2.45, 2.75) is 165 Å². The first-order valence-electron chi connectivity index (χ1n) is 24.3. The molecule has 61 heavy (non-hydrogen) atoms. The van der Waals surface area contributed by atoms with Gasteiger partial charge in [-0.25, -0.2) is 4.79 Å². The van der Waals surface area contributed by atoms with Gasteiger partial charge in [0.15, 0.2) is 0 Å². The highest BCUT2D eigenvalue weighted by molar-refractivity contribution is 5.82. The number of aldehydes is 1. The fraction of sp³-hybridized carbons (Fsp3) is 0.741. The summed E-state index contributed by atoms with van der Waals surface area (Å²) in [5.41, 5.74) is 5.90. The fourth-order valence-electron chi connectivity index (χ4n) is 15.5. The van der Waals surface area contributed by atoms with Crippen LogP contribution >= 0.6 is 0 Å². The van der Waals surface area contributed by atoms with E-state index in [1.54, 1.807) is 24.1 Å². The molecule has 16 atom stereocenters. The Morgan fingerprint density at radius 2 is 1.13 bits per heavy atom. The SMILES string of the molecule is CC(=O)O[C@@H]1C[C@H]2[C@@H](CC=C3C[C@@H](C)CC[C@@]32C)[C@@H]2CC=C([C@H](C)C=O)[C@@]12C.CCOC(=O)/C=C/[C@@H](C)C1=CC[C@H]2[C@@H]3CC=C4C[C@@H](C)CC[C@]4(C)[C@H]3C[C@@H](OC(C)=O)[C@]12C. The van der Waals surface area contributed by atoms with Crippen LogP contribution in [-0.2, 0) is 33.4 Å². The highest BCUT2D eigenvalue weighted by atomic mass is 16.5. The maximum atomic E-state index is 12.2. The smallest absolute Gasteiger partial charge is 0.330 e. The van der Waals surface area contributed by atoms with Crippen molar-refractivity contribution < 1.29 is 33.4 Å². The van der Waals surface area contributed by atoms with Crippen molar-refractivity contribution >= 4 is 24.2 Å². The van der Waals surface area contributed by atoms with E-state index < -0.39 is 0 Å². The van der Waals surface area contributed by atoms with Crippen LogP contribution in [0.2, 0.25) is 0 Å². The molecule has 0 amide bonds. The molecule has 0 heterocycles. The number of allylic oxidation sites excluding steroid dienone is 7. The maximum absolute atomic E-state index is 12.2. The van der Waals surface area contributed by atoms with Gasteiger partial charge < -0.3 is 19.0 Å². The minimum atomic E-state index is -0.297. The number of ether oxygens (including phenoxy) is 3. The standard InChI is InChI=1S/C29H42O4.C25H36O3/c1-7-32-27(31)13-8-19(3)23-11-12-24-22-10-9-21-16-18(2)14-15-28(21,5)25(22)17-26(29(23,24)6)33-20(4)30;1-15-10-11-24(4)18(12-15)6-7-19-21-9-8-20(16(2)14-26)25(21,5)23(13-22(19)24)28-17(3)27/h8-9,11,13,18-19,22,24-26H,7,10,12,14-17H2,1-6H3;6,8,14-16,19,21-23H,7,9-13H2,1-5H3/b13-8+;/t18-,19+,22-,24-,25-,26+,28-,29+;15-,16+,19-,21-,22-,23+,24-,25+/m00/s1. The van der Waals surface area contributed by atoms with E-state index >= 15 is 0 Å². The Labute approximate surface area is 368 Å². The van der Waals surface area contributed by atoms with Gasteiger partial charge in [-0.15, -0.1) is 0 Å². The summed E-state index contributed by atoms with van der Waals surface area (Å²) >= 11 is 0. The summed E-state index contributed by atoms with van der Waals surface area (Å²) in [5, 5.41) is 0. The third-order valence-electron chi connectivity index (χ3n) is 18.7. The lowest BCUT2D eigenvalue weighted by molar-refractivity contribution is -0.169. The Balaban J connectivity index is 0.000000186. The van der Waals surface area contributed by atoms with Crippen molar-refractivity contribution in [2.75, 3.05) is 6.61 Å². The zero-order valence-electron chi connectivity index (χ0n) is 39.5. The lowest BCUT2D eigenvalue weighted by atomic mass is 9.46. The van der Waals surface area contributed by atoms with Crippen molar-refractivity contribution in [3.05, 3.63) is 58.7 Å². The molecule has 0 N–H and O–H groups in total. The van der Waals surface area contributed by atoms with E-state index in [0.717, 1.165) is 56.6 Å². The summed E-state index contributed by atoms with van der Waals surface area (Å²) in [5.74, 6) is 4.14. The van der Waals surface area contributed by atoms with Gasteiger partial charge in [-0.3, -0.25) is 9.59 Å². The van der Waals surface area contributed by atoms with Crippen molar-refractivity contribution in [3.63, 3.8) is 0 Å². The highest BCUT2D eigenvalue weighted by Crippen LogP contribution is 2.68. The largest absolute Gasteiger partial charge is 0.463 e. The number of fused-ring (bicyclic) bond motifs is 10. The van der Waals surface area contributed by atoms with E-state index in [-0.39, 0.29) is 63.6 Å². The molecule has 0 aromatic heterocycles. The lowest BCUT2D eigenvalue weighted by Crippen LogP contribution is -2.56. The average Bonchev–Trinajstić information content (AvgIpc) is 3.76. The summed E-state index contributed by atoms with van der Waals surface area (Å²) in [7, 11) is 0. The lowest BCUT2D eigenvalue weighted by Gasteiger charge is -2.60. The molecule has 0 bridgehead atoms. The predicted molar refractivity (Wildman–Crippen MR) is 241 cm³/mol. The molecule has 0 radical (unpaired) electrons. The Morgan fingerprint density at radius 1 is 0.689 bits per heavy atom. The molecule has 4 saturated carbocycles. The Morgan fingerprint density at radius 3 is 1.54 bits per heavy atom. The predicted octanol–water partition coefficient (Wildman–Crippen LogP) is 11.9. The minimum Gasteiger partial charge on any atom is -0.463 e. The molecule has 0 aliphatic heterocycles. The van der Waals surface area contributed by atoms with Gasteiger partial charge in [0.25, 0.3) is 0 Å². The van der Waals surface area contributed by atoms with Gasteiger partial charge >= 0.3 is 17.9 Å². The average molecular weight is 839 g/mol. The van der Waals surface area contributed by atoms with E-state index in [1.807, 2.05) is 19.9 Å². The van der Waals surface area contributed by atoms with Crippen LogP contribution in [0, 0.1) is 80.8 Å². The van der Waals surface area contributed by atoms with Gasteiger partial charge in [0.05, 0.1) is 6.61 Å². The van der Waals surface area contributed by atoms with E-state index in [9.17, 15) is 19.2 Å². The van der Waals surface area contributed by atoms with Crippen LogP contribution in [0.15, 0.2) is 58.7 Å². The van der Waals surface area contributed by atoms with Gasteiger partial charge in [0.1, 0.15) is 18.5 Å². The van der Waals surface area contributed by atoms with Crippen molar-refractivity contribution in [3.8, 4) is 0 Å². The number of hydrogen-bond donors (Lipinski definition) is 0. The number of rotatable bonds is 8. The van der Waals surface area contributed by atoms with Crippen LogP contribution in [0.4, 0.5) is 0 Å². The number of hydrogen-bond acceptors (Lipinski definition) is 7. The molecule has 0 aromatic rings. The molecular formula is C54H78O7. The molecule has 8 aliphatic carbocycles. The van der Waals surface area contributed by atoms with Gasteiger partial charge in [-0.2, -0.15) is 0 Å². The normalized spacial score (nSPS) is 43.0. The molecule has 336 valence electrons. The topological polar surface area (TPSA) is 96.0 Å². The van der Waals surface area contributed by atoms with Crippen LogP contribution in [0.3, 0.4) is 0 Å². The van der Waals surface area contributed by atoms with E-state index in [0.29, 0.717) is 42.1 Å². The summed E-state index contributed by atoms with van der Waals surface area (Å²) in [6.07, 6.45) is 27.9. The second-order valence-electron chi connectivity index (χ2n) is 22.1. The Hall–Kier alpha value is -3.22. The first-order chi connectivity index (χ1) is 28.8. The van der Waals surface area contributed by atoms with Gasteiger partial charge in [-0.1, -0.05) is 108 Å². The van der Waals surface area contributed by atoms with Crippen molar-refractivity contribution in [2.24, 2.45) is 80.8 Å². The molecule has 0 saturated heterocycles. The van der Waals surface area contributed by atoms with Crippen molar-refractivity contribution in [1.82, 2.24) is 0 Å². The van der Waals surface area contributed by atoms with E-state index in [1.165, 1.54) is 56.6 Å². The second-order valence-corrected chi connectivity index (χ2v) is 22.1. The molecule has 7 nitrogen and oxygen atoms in total. The van der Waals surface area contributed by atoms with Gasteiger partial charge in [0.2, 0.25) is 0 Å². The van der Waals surface area contributed by atoms with E-state index in [4.69, 9.17) is 14.2 Å². The van der Waals surface area contributed by atoms with Crippen molar-refractivity contribution in [1.29, 1.82) is 0 Å². The Bertz CT molecular complexity index is 1880. The fourth-order valence-corrected chi connectivity index (χ4v) is 15.5. The second kappa shape index (κ2) is 17.4. The Kier molecular flexibility index (Phi) is 13.1. The molecule has 8 rings (SSSR count). The quantitative estimate of drug-likeness (QED) is 0.0789. The van der Waals surface area contributed by atoms with Crippen LogP contribution in [0.5, 0.6) is 0 Å². The third-order valence-corrected chi connectivity index (χ3v) is 18.7. The number of esters is 3. The van der Waals surface area contributed by atoms with Crippen LogP contribution < -0.4 is 0 Å². The monoisotopic (exact) mass is 839 g/mol. The zero-order chi connectivity index (χ0) is 44.2. The van der Waals surface area contributed by atoms with Gasteiger partial charge in [-0.05, 0) is 148 Å². The minimum absolute atomic E-state index is 0.0971. The summed E-state index contributed by atoms with van der Waals surface area (Å²) in [6, 6.07) is 0.